The molecule has 0 saturated carbocycles. The first-order chi connectivity index (χ1) is 6.84. The molecule has 0 atom stereocenters. The molecule has 0 saturated heterocycles. The van der Waals surface area contributed by atoms with Crippen molar-refractivity contribution in [2.45, 2.75) is 6.54 Å². The molecule has 14 heavy (non-hydrogen) atoms. The van der Waals surface area contributed by atoms with Crippen LogP contribution in [0.1, 0.15) is 4.88 Å². The second-order valence-corrected chi connectivity index (χ2v) is 4.09. The van der Waals surface area contributed by atoms with E-state index in [1.807, 2.05) is 11.4 Å². The second-order valence-electron chi connectivity index (χ2n) is 2.66. The Labute approximate surface area is 90.8 Å². The number of aromatic nitrogens is 2. The van der Waals surface area contributed by atoms with Gasteiger partial charge in [-0.3, -0.25) is 0 Å². The molecule has 0 bridgehead atoms. The number of anilines is 1. The van der Waals surface area contributed by atoms with Gasteiger partial charge in [-0.1, -0.05) is 11.6 Å². The van der Waals surface area contributed by atoms with Crippen molar-refractivity contribution in [3.8, 4) is 0 Å². The van der Waals surface area contributed by atoms with Crippen molar-refractivity contribution in [3.63, 3.8) is 0 Å². The summed E-state index contributed by atoms with van der Waals surface area (Å²) < 4.78 is 0. The highest BCUT2D eigenvalue weighted by Crippen LogP contribution is 2.19. The van der Waals surface area contributed by atoms with Gasteiger partial charge in [0.2, 0.25) is 5.95 Å². The lowest BCUT2D eigenvalue weighted by molar-refractivity contribution is 1.07. The molecule has 2 aromatic rings. The van der Waals surface area contributed by atoms with E-state index in [0.29, 0.717) is 12.5 Å². The Kier molecular flexibility index (Phi) is 2.96. The van der Waals surface area contributed by atoms with Gasteiger partial charge in [0.25, 0.3) is 0 Å². The van der Waals surface area contributed by atoms with Crippen molar-refractivity contribution in [1.82, 2.24) is 9.97 Å². The molecule has 2 heterocycles. The van der Waals surface area contributed by atoms with Gasteiger partial charge in [0.1, 0.15) is 0 Å². The summed E-state index contributed by atoms with van der Waals surface area (Å²) in [6.45, 7) is 0.710. The van der Waals surface area contributed by atoms with Crippen LogP contribution in [0.25, 0.3) is 0 Å². The highest BCUT2D eigenvalue weighted by Gasteiger charge is 1.98. The first kappa shape index (κ1) is 9.43. The number of thiophene rings is 1. The largest absolute Gasteiger partial charge is 0.349 e. The molecule has 72 valence electrons. The normalized spacial score (nSPS) is 10.1. The summed E-state index contributed by atoms with van der Waals surface area (Å²) in [6, 6.07) is 3.72. The van der Waals surface area contributed by atoms with Gasteiger partial charge in [0.15, 0.2) is 0 Å². The van der Waals surface area contributed by atoms with Crippen LogP contribution in [0.2, 0.25) is 5.02 Å². The molecule has 5 heteroatoms. The van der Waals surface area contributed by atoms with Gasteiger partial charge in [-0.15, -0.1) is 11.3 Å². The number of halogens is 1. The van der Waals surface area contributed by atoms with Crippen molar-refractivity contribution in [3.05, 3.63) is 39.8 Å². The molecule has 0 aliphatic carbocycles. The first-order valence-electron chi connectivity index (χ1n) is 4.08. The third kappa shape index (κ3) is 2.43. The van der Waals surface area contributed by atoms with Crippen LogP contribution in [0.15, 0.2) is 29.9 Å². The van der Waals surface area contributed by atoms with Crippen LogP contribution in [0.4, 0.5) is 5.95 Å². The summed E-state index contributed by atoms with van der Waals surface area (Å²) in [5.74, 6) is 0.636. The molecular weight excluding hydrogens is 218 g/mol. The van der Waals surface area contributed by atoms with Crippen LogP contribution >= 0.6 is 22.9 Å². The molecule has 0 fully saturated rings. The third-order valence-corrected chi connectivity index (χ3v) is 2.89. The molecule has 0 aliphatic rings. The molecule has 0 unspecified atom stereocenters. The Morgan fingerprint density at radius 1 is 1.36 bits per heavy atom. The van der Waals surface area contributed by atoms with Crippen LogP contribution in [-0.4, -0.2) is 9.97 Å². The standard InChI is InChI=1S/C9H8ClN3S/c10-7-4-8(14-6-7)5-13-9-11-2-1-3-12-9/h1-4,6H,5H2,(H,11,12,13). The average Bonchev–Trinajstić information content (AvgIpc) is 2.63. The Bertz CT molecular complexity index is 401. The SMILES string of the molecule is Clc1csc(CNc2ncccn2)c1. The lowest BCUT2D eigenvalue weighted by atomic mass is 10.4. The van der Waals surface area contributed by atoms with Crippen LogP contribution in [0, 0.1) is 0 Å². The van der Waals surface area contributed by atoms with Crippen molar-refractivity contribution >= 4 is 28.9 Å². The Balaban J connectivity index is 1.95. The molecular formula is C9H8ClN3S. The predicted octanol–water partition coefficient (Wildman–Crippen LogP) is 2.80. The third-order valence-electron chi connectivity index (χ3n) is 1.61. The zero-order chi connectivity index (χ0) is 9.80. The summed E-state index contributed by atoms with van der Waals surface area (Å²) in [5, 5.41) is 5.79. The van der Waals surface area contributed by atoms with E-state index in [1.54, 1.807) is 29.8 Å². The van der Waals surface area contributed by atoms with Gasteiger partial charge in [-0.05, 0) is 12.1 Å². The van der Waals surface area contributed by atoms with Gasteiger partial charge in [0.05, 0.1) is 11.6 Å². The number of rotatable bonds is 3. The molecule has 3 nitrogen and oxygen atoms in total. The number of hydrogen-bond donors (Lipinski definition) is 1. The van der Waals surface area contributed by atoms with Gasteiger partial charge in [-0.25, -0.2) is 9.97 Å². The van der Waals surface area contributed by atoms with Crippen LogP contribution in [-0.2, 0) is 6.54 Å². The second kappa shape index (κ2) is 4.39. The highest BCUT2D eigenvalue weighted by molar-refractivity contribution is 7.10. The van der Waals surface area contributed by atoms with Crippen molar-refractivity contribution in [2.24, 2.45) is 0 Å². The molecule has 0 aromatic carbocycles. The van der Waals surface area contributed by atoms with Gasteiger partial charge in [-0.2, -0.15) is 0 Å². The van der Waals surface area contributed by atoms with Crippen molar-refractivity contribution in [2.75, 3.05) is 5.32 Å². The van der Waals surface area contributed by atoms with E-state index in [2.05, 4.69) is 15.3 Å². The summed E-state index contributed by atoms with van der Waals surface area (Å²) >= 11 is 7.41. The summed E-state index contributed by atoms with van der Waals surface area (Å²) in [6.07, 6.45) is 3.41. The maximum atomic E-state index is 5.79. The monoisotopic (exact) mass is 225 g/mol. The van der Waals surface area contributed by atoms with Gasteiger partial charge in [0, 0.05) is 22.7 Å². The van der Waals surface area contributed by atoms with E-state index < -0.39 is 0 Å². The summed E-state index contributed by atoms with van der Waals surface area (Å²) in [5.41, 5.74) is 0. The highest BCUT2D eigenvalue weighted by atomic mass is 35.5. The number of hydrogen-bond acceptors (Lipinski definition) is 4. The lowest BCUT2D eigenvalue weighted by Crippen LogP contribution is -2.00. The number of nitrogens with zero attached hydrogens (tertiary/aromatic N) is 2. The molecule has 2 aromatic heterocycles. The zero-order valence-electron chi connectivity index (χ0n) is 7.27. The van der Waals surface area contributed by atoms with E-state index in [4.69, 9.17) is 11.6 Å². The molecule has 0 radical (unpaired) electrons. The molecule has 0 amide bonds. The fraction of sp³-hybridized carbons (Fsp3) is 0.111. The van der Waals surface area contributed by atoms with Gasteiger partial charge < -0.3 is 5.32 Å². The average molecular weight is 226 g/mol. The molecule has 1 N–H and O–H groups in total. The van der Waals surface area contributed by atoms with Gasteiger partial charge >= 0.3 is 0 Å². The van der Waals surface area contributed by atoms with E-state index in [9.17, 15) is 0 Å². The van der Waals surface area contributed by atoms with Crippen LogP contribution in [0.3, 0.4) is 0 Å². The van der Waals surface area contributed by atoms with E-state index in [0.717, 1.165) is 5.02 Å². The van der Waals surface area contributed by atoms with Crippen molar-refractivity contribution in [1.29, 1.82) is 0 Å². The first-order valence-corrected chi connectivity index (χ1v) is 5.34. The maximum absolute atomic E-state index is 5.79. The Morgan fingerprint density at radius 3 is 2.79 bits per heavy atom. The minimum Gasteiger partial charge on any atom is -0.349 e. The molecule has 2 rings (SSSR count). The minimum atomic E-state index is 0.636. The Hall–Kier alpha value is -1.13. The quantitative estimate of drug-likeness (QED) is 0.873. The zero-order valence-corrected chi connectivity index (χ0v) is 8.85. The minimum absolute atomic E-state index is 0.636. The smallest absolute Gasteiger partial charge is 0.222 e. The topological polar surface area (TPSA) is 37.8 Å². The predicted molar refractivity (Wildman–Crippen MR) is 58.7 cm³/mol. The summed E-state index contributed by atoms with van der Waals surface area (Å²) in [7, 11) is 0. The van der Waals surface area contributed by atoms with Crippen molar-refractivity contribution < 1.29 is 0 Å². The van der Waals surface area contributed by atoms with E-state index in [-0.39, 0.29) is 0 Å². The fourth-order valence-corrected chi connectivity index (χ4v) is 2.02. The van der Waals surface area contributed by atoms with Crippen LogP contribution < -0.4 is 5.32 Å². The maximum Gasteiger partial charge on any atom is 0.222 e. The van der Waals surface area contributed by atoms with E-state index >= 15 is 0 Å². The molecule has 0 spiro atoms. The summed E-state index contributed by atoms with van der Waals surface area (Å²) in [4.78, 5) is 9.27. The Morgan fingerprint density at radius 2 is 2.14 bits per heavy atom. The molecule has 0 aliphatic heterocycles. The van der Waals surface area contributed by atoms with Crippen LogP contribution in [0.5, 0.6) is 0 Å². The lowest BCUT2D eigenvalue weighted by Gasteiger charge is -2.00. The fourth-order valence-electron chi connectivity index (χ4n) is 1.00. The van der Waals surface area contributed by atoms with E-state index in [1.165, 1.54) is 4.88 Å². The number of nitrogens with one attached hydrogen (secondary N) is 1.